The number of nitrogens with one attached hydrogen (secondary N) is 1. The fourth-order valence-electron chi connectivity index (χ4n) is 4.60. The molecule has 1 aliphatic carbocycles. The van der Waals surface area contributed by atoms with E-state index < -0.39 is 6.04 Å². The third-order valence-electron chi connectivity index (χ3n) is 6.65. The van der Waals surface area contributed by atoms with Gasteiger partial charge in [-0.3, -0.25) is 9.59 Å². The van der Waals surface area contributed by atoms with Crippen LogP contribution in [0.3, 0.4) is 0 Å². The van der Waals surface area contributed by atoms with Gasteiger partial charge in [-0.1, -0.05) is 55.1 Å². The minimum atomic E-state index is -0.592. The van der Waals surface area contributed by atoms with Crippen LogP contribution in [-0.4, -0.2) is 42.0 Å². The summed E-state index contributed by atoms with van der Waals surface area (Å²) in [7, 11) is 0. The largest absolute Gasteiger partial charge is 0.486 e. The predicted molar refractivity (Wildman–Crippen MR) is 132 cm³/mol. The topological polar surface area (TPSA) is 67.9 Å². The Kier molecular flexibility index (Phi) is 8.33. The van der Waals surface area contributed by atoms with Gasteiger partial charge in [-0.05, 0) is 55.5 Å². The molecular formula is C27H33ClN2O4. The summed E-state index contributed by atoms with van der Waals surface area (Å²) < 4.78 is 11.2. The van der Waals surface area contributed by atoms with Gasteiger partial charge in [0.2, 0.25) is 11.8 Å². The molecule has 34 heavy (non-hydrogen) atoms. The van der Waals surface area contributed by atoms with Gasteiger partial charge in [0, 0.05) is 24.0 Å². The van der Waals surface area contributed by atoms with Crippen molar-refractivity contribution in [2.45, 2.75) is 70.5 Å². The lowest BCUT2D eigenvalue weighted by atomic mass is 9.95. The summed E-state index contributed by atoms with van der Waals surface area (Å²) in [6.45, 7) is 3.16. The number of ether oxygens (including phenoxy) is 2. The van der Waals surface area contributed by atoms with Crippen LogP contribution >= 0.6 is 11.6 Å². The van der Waals surface area contributed by atoms with Crippen LogP contribution in [0, 0.1) is 0 Å². The van der Waals surface area contributed by atoms with E-state index in [1.54, 1.807) is 11.8 Å². The van der Waals surface area contributed by atoms with Gasteiger partial charge in [-0.2, -0.15) is 0 Å². The third-order valence-corrected chi connectivity index (χ3v) is 7.02. The monoisotopic (exact) mass is 484 g/mol. The summed E-state index contributed by atoms with van der Waals surface area (Å²) in [5.74, 6) is 1.26. The van der Waals surface area contributed by atoms with E-state index in [1.807, 2.05) is 42.5 Å². The molecule has 4 rings (SSSR count). The zero-order valence-electron chi connectivity index (χ0n) is 19.7. The molecule has 1 saturated carbocycles. The van der Waals surface area contributed by atoms with Crippen LogP contribution in [0.1, 0.15) is 56.6 Å². The molecule has 0 spiro atoms. The van der Waals surface area contributed by atoms with Crippen molar-refractivity contribution < 1.29 is 19.1 Å². The maximum atomic E-state index is 13.4. The van der Waals surface area contributed by atoms with Crippen molar-refractivity contribution in [3.8, 4) is 11.5 Å². The lowest BCUT2D eigenvalue weighted by molar-refractivity contribution is -0.141. The van der Waals surface area contributed by atoms with E-state index in [4.69, 9.17) is 21.1 Å². The number of fused-ring (bicyclic) bond motifs is 1. The van der Waals surface area contributed by atoms with Crippen molar-refractivity contribution in [1.29, 1.82) is 0 Å². The first-order valence-corrected chi connectivity index (χ1v) is 12.6. The molecule has 6 nitrogen and oxygen atoms in total. The minimum absolute atomic E-state index is 0.0823. The van der Waals surface area contributed by atoms with Gasteiger partial charge in [0.05, 0.1) is 0 Å². The molecule has 0 aromatic heterocycles. The molecule has 1 fully saturated rings. The average molecular weight is 485 g/mol. The first-order chi connectivity index (χ1) is 16.5. The Balaban J connectivity index is 1.45. The normalized spacial score (nSPS) is 16.5. The Morgan fingerprint density at radius 1 is 1.06 bits per heavy atom. The molecule has 2 amide bonds. The minimum Gasteiger partial charge on any atom is -0.486 e. The van der Waals surface area contributed by atoms with Crippen LogP contribution in [0.25, 0.3) is 0 Å². The molecule has 0 radical (unpaired) electrons. The van der Waals surface area contributed by atoms with E-state index in [0.717, 1.165) is 42.6 Å². The Labute approximate surface area is 206 Å². The molecule has 0 bridgehead atoms. The summed E-state index contributed by atoms with van der Waals surface area (Å²) in [4.78, 5) is 28.2. The first kappa shape index (κ1) is 24.4. The zero-order chi connectivity index (χ0) is 23.9. The van der Waals surface area contributed by atoms with Crippen LogP contribution in [0.4, 0.5) is 0 Å². The number of aryl methyl sites for hydroxylation is 1. The highest BCUT2D eigenvalue weighted by atomic mass is 35.5. The molecular weight excluding hydrogens is 452 g/mol. The molecule has 7 heteroatoms. The molecule has 1 aliphatic heterocycles. The van der Waals surface area contributed by atoms with E-state index in [0.29, 0.717) is 37.0 Å². The second kappa shape index (κ2) is 11.6. The average Bonchev–Trinajstić information content (AvgIpc) is 2.87. The highest BCUT2D eigenvalue weighted by Gasteiger charge is 2.28. The van der Waals surface area contributed by atoms with Crippen LogP contribution < -0.4 is 14.8 Å². The third kappa shape index (κ3) is 6.23. The number of rotatable bonds is 8. The second-order valence-electron chi connectivity index (χ2n) is 9.11. The summed E-state index contributed by atoms with van der Waals surface area (Å²) in [5.41, 5.74) is 1.82. The van der Waals surface area contributed by atoms with Crippen LogP contribution in [0.15, 0.2) is 42.5 Å². The number of amides is 2. The van der Waals surface area contributed by atoms with E-state index in [2.05, 4.69) is 5.32 Å². The van der Waals surface area contributed by atoms with Gasteiger partial charge >= 0.3 is 0 Å². The van der Waals surface area contributed by atoms with Crippen molar-refractivity contribution >= 4 is 23.4 Å². The molecule has 1 atom stereocenters. The Bertz CT molecular complexity index is 1010. The van der Waals surface area contributed by atoms with Crippen LogP contribution in [-0.2, 0) is 22.6 Å². The van der Waals surface area contributed by atoms with Gasteiger partial charge in [-0.25, -0.2) is 0 Å². The zero-order valence-corrected chi connectivity index (χ0v) is 20.5. The lowest BCUT2D eigenvalue weighted by Gasteiger charge is -2.31. The maximum absolute atomic E-state index is 13.4. The summed E-state index contributed by atoms with van der Waals surface area (Å²) in [6.07, 6.45) is 6.33. The molecule has 1 N–H and O–H groups in total. The van der Waals surface area contributed by atoms with Crippen molar-refractivity contribution in [2.75, 3.05) is 13.2 Å². The number of benzene rings is 2. The standard InChI is InChI=1S/C27H33ClN2O4/c1-19(27(32)29-22-8-3-2-4-9-22)30(18-21-7-5-6-10-23(21)28)26(31)14-12-20-11-13-24-25(17-20)34-16-15-33-24/h5-7,10-11,13,17,19,22H,2-4,8-9,12,14-16,18H2,1H3,(H,29,32)/t19-/m1/s1. The van der Waals surface area contributed by atoms with Crippen molar-refractivity contribution in [3.05, 3.63) is 58.6 Å². The number of carbonyl (C=O) groups is 2. The van der Waals surface area contributed by atoms with Gasteiger partial charge in [-0.15, -0.1) is 0 Å². The summed E-state index contributed by atoms with van der Waals surface area (Å²) in [6, 6.07) is 12.8. The maximum Gasteiger partial charge on any atom is 0.242 e. The van der Waals surface area contributed by atoms with Crippen molar-refractivity contribution in [1.82, 2.24) is 10.2 Å². The molecule has 2 aromatic rings. The van der Waals surface area contributed by atoms with Crippen LogP contribution in [0.5, 0.6) is 11.5 Å². The van der Waals surface area contributed by atoms with E-state index in [-0.39, 0.29) is 24.3 Å². The second-order valence-corrected chi connectivity index (χ2v) is 9.52. The van der Waals surface area contributed by atoms with Gasteiger partial charge in [0.15, 0.2) is 11.5 Å². The van der Waals surface area contributed by atoms with E-state index in [9.17, 15) is 9.59 Å². The number of halogens is 1. The smallest absolute Gasteiger partial charge is 0.242 e. The van der Waals surface area contributed by atoms with Gasteiger partial charge in [0.25, 0.3) is 0 Å². The van der Waals surface area contributed by atoms with Gasteiger partial charge < -0.3 is 19.7 Å². The summed E-state index contributed by atoms with van der Waals surface area (Å²) in [5, 5.41) is 3.76. The highest BCUT2D eigenvalue weighted by Crippen LogP contribution is 2.31. The molecule has 2 aromatic carbocycles. The predicted octanol–water partition coefficient (Wildman–Crippen LogP) is 4.91. The van der Waals surface area contributed by atoms with Crippen molar-refractivity contribution in [3.63, 3.8) is 0 Å². The molecule has 0 unspecified atom stereocenters. The Morgan fingerprint density at radius 2 is 1.79 bits per heavy atom. The summed E-state index contributed by atoms with van der Waals surface area (Å²) >= 11 is 6.39. The lowest BCUT2D eigenvalue weighted by Crippen LogP contribution is -2.50. The van der Waals surface area contributed by atoms with Gasteiger partial charge in [0.1, 0.15) is 19.3 Å². The SMILES string of the molecule is C[C@H](C(=O)NC1CCCCC1)N(Cc1ccccc1Cl)C(=O)CCc1ccc2c(c1)OCCO2. The molecule has 182 valence electrons. The number of nitrogens with zero attached hydrogens (tertiary/aromatic N) is 1. The first-order valence-electron chi connectivity index (χ1n) is 12.2. The number of carbonyl (C=O) groups excluding carboxylic acids is 2. The number of hydrogen-bond acceptors (Lipinski definition) is 4. The van der Waals surface area contributed by atoms with Crippen molar-refractivity contribution in [2.24, 2.45) is 0 Å². The molecule has 1 heterocycles. The fourth-order valence-corrected chi connectivity index (χ4v) is 4.80. The molecule has 2 aliphatic rings. The fraction of sp³-hybridized carbons (Fsp3) is 0.481. The van der Waals surface area contributed by atoms with E-state index >= 15 is 0 Å². The quantitative estimate of drug-likeness (QED) is 0.578. The van der Waals surface area contributed by atoms with Crippen LogP contribution in [0.2, 0.25) is 5.02 Å². The number of hydrogen-bond donors (Lipinski definition) is 1. The highest BCUT2D eigenvalue weighted by molar-refractivity contribution is 6.31. The Hall–Kier alpha value is -2.73. The molecule has 0 saturated heterocycles. The Morgan fingerprint density at radius 3 is 2.56 bits per heavy atom. The van der Waals surface area contributed by atoms with E-state index in [1.165, 1.54) is 6.42 Å².